The Labute approximate surface area is 137 Å². The quantitative estimate of drug-likeness (QED) is 0.867. The Morgan fingerprint density at radius 3 is 2.78 bits per heavy atom. The van der Waals surface area contributed by atoms with Crippen LogP contribution in [0.1, 0.15) is 49.0 Å². The minimum absolute atomic E-state index is 0.0546. The van der Waals surface area contributed by atoms with Gasteiger partial charge >= 0.3 is 0 Å². The van der Waals surface area contributed by atoms with E-state index in [1.54, 1.807) is 24.8 Å². The van der Waals surface area contributed by atoms with Gasteiger partial charge in [-0.1, -0.05) is 12.1 Å². The van der Waals surface area contributed by atoms with Crippen LogP contribution in [0.4, 0.5) is 0 Å². The second-order valence-corrected chi connectivity index (χ2v) is 7.01. The smallest absolute Gasteiger partial charge is 0.253 e. The second-order valence-electron chi connectivity index (χ2n) is 7.01. The Kier molecular flexibility index (Phi) is 5.42. The molecule has 0 radical (unpaired) electrons. The highest BCUT2D eigenvalue weighted by Gasteiger charge is 2.27. The van der Waals surface area contributed by atoms with Crippen molar-refractivity contribution in [3.8, 4) is 0 Å². The fraction of sp³-hybridized carbons (Fsp3) is 0.556. The first kappa shape index (κ1) is 17.5. The van der Waals surface area contributed by atoms with Crippen LogP contribution in [0.25, 0.3) is 0 Å². The fourth-order valence-electron chi connectivity index (χ4n) is 2.89. The Bertz CT molecular complexity index is 578. The average molecular weight is 318 g/mol. The van der Waals surface area contributed by atoms with Crippen LogP contribution in [0.3, 0.4) is 0 Å². The lowest BCUT2D eigenvalue weighted by atomic mass is 9.95. The topological polar surface area (TPSA) is 83.6 Å². The predicted molar refractivity (Wildman–Crippen MR) is 88.9 cm³/mol. The lowest BCUT2D eigenvalue weighted by Gasteiger charge is -2.31. The van der Waals surface area contributed by atoms with Gasteiger partial charge in [-0.2, -0.15) is 0 Å². The number of aryl methyl sites for hydroxylation is 1. The summed E-state index contributed by atoms with van der Waals surface area (Å²) < 4.78 is 0. The van der Waals surface area contributed by atoms with Crippen LogP contribution in [-0.4, -0.2) is 40.5 Å². The van der Waals surface area contributed by atoms with E-state index in [0.29, 0.717) is 31.5 Å². The number of carbonyl (C=O) groups is 2. The lowest BCUT2D eigenvalue weighted by molar-refractivity contribution is -0.123. The van der Waals surface area contributed by atoms with Crippen molar-refractivity contribution >= 4 is 11.8 Å². The summed E-state index contributed by atoms with van der Waals surface area (Å²) in [4.78, 5) is 25.7. The molecule has 0 saturated carbocycles. The molecule has 23 heavy (non-hydrogen) atoms. The molecule has 0 spiro atoms. The van der Waals surface area contributed by atoms with E-state index >= 15 is 0 Å². The van der Waals surface area contributed by atoms with Crippen LogP contribution in [0.15, 0.2) is 24.3 Å². The number of likely N-dealkylation sites (tertiary alicyclic amines) is 1. The van der Waals surface area contributed by atoms with Gasteiger partial charge in [-0.3, -0.25) is 9.59 Å². The zero-order valence-electron chi connectivity index (χ0n) is 13.9. The summed E-state index contributed by atoms with van der Waals surface area (Å²) >= 11 is 0. The fourth-order valence-corrected chi connectivity index (χ4v) is 2.89. The number of benzene rings is 1. The van der Waals surface area contributed by atoms with Crippen LogP contribution in [0.2, 0.25) is 0 Å². The van der Waals surface area contributed by atoms with Gasteiger partial charge in [0, 0.05) is 18.7 Å². The van der Waals surface area contributed by atoms with Gasteiger partial charge in [0.1, 0.15) is 0 Å². The molecule has 0 aliphatic carbocycles. The Balaban J connectivity index is 2.06. The summed E-state index contributed by atoms with van der Waals surface area (Å²) in [5.74, 6) is -0.631. The third-order valence-electron chi connectivity index (χ3n) is 4.31. The van der Waals surface area contributed by atoms with Gasteiger partial charge in [0.25, 0.3) is 5.91 Å². The average Bonchev–Trinajstić information content (AvgIpc) is 2.52. The Hall–Kier alpha value is -1.88. The molecule has 1 aliphatic rings. The van der Waals surface area contributed by atoms with Crippen molar-refractivity contribution in [1.82, 2.24) is 4.90 Å². The maximum Gasteiger partial charge on any atom is 0.253 e. The third kappa shape index (κ3) is 5.06. The number of primary amides is 1. The largest absolute Gasteiger partial charge is 0.390 e. The lowest BCUT2D eigenvalue weighted by Crippen LogP contribution is -2.44. The number of piperidine rings is 1. The van der Waals surface area contributed by atoms with Gasteiger partial charge in [0.05, 0.1) is 11.5 Å². The van der Waals surface area contributed by atoms with Crippen molar-refractivity contribution in [3.05, 3.63) is 35.4 Å². The maximum atomic E-state index is 12.6. The Morgan fingerprint density at radius 1 is 1.39 bits per heavy atom. The van der Waals surface area contributed by atoms with E-state index in [1.807, 2.05) is 18.2 Å². The summed E-state index contributed by atoms with van der Waals surface area (Å²) in [6.07, 6.45) is 2.91. The molecule has 0 aromatic heterocycles. The van der Waals surface area contributed by atoms with E-state index in [1.165, 1.54) is 0 Å². The van der Waals surface area contributed by atoms with E-state index in [9.17, 15) is 14.7 Å². The molecule has 0 unspecified atom stereocenters. The zero-order valence-corrected chi connectivity index (χ0v) is 13.9. The van der Waals surface area contributed by atoms with Crippen LogP contribution >= 0.6 is 0 Å². The Morgan fingerprint density at radius 2 is 2.13 bits per heavy atom. The second kappa shape index (κ2) is 7.13. The number of hydrogen-bond acceptors (Lipinski definition) is 3. The molecule has 0 bridgehead atoms. The standard InChI is InChI=1S/C18H26N2O3/c1-18(2,23)9-8-13-5-3-6-14(11-13)17(22)20-10-4-7-15(12-20)16(19)21/h3,5-6,11,15,23H,4,7-10,12H2,1-2H3,(H2,19,21)/t15-/m0/s1. The third-order valence-corrected chi connectivity index (χ3v) is 4.31. The molecule has 1 aromatic carbocycles. The molecular formula is C18H26N2O3. The summed E-state index contributed by atoms with van der Waals surface area (Å²) in [7, 11) is 0. The van der Waals surface area contributed by atoms with E-state index in [4.69, 9.17) is 5.73 Å². The summed E-state index contributed by atoms with van der Waals surface area (Å²) in [6, 6.07) is 7.50. The van der Waals surface area contributed by atoms with Crippen molar-refractivity contribution in [2.75, 3.05) is 13.1 Å². The van der Waals surface area contributed by atoms with Crippen LogP contribution in [0.5, 0.6) is 0 Å². The monoisotopic (exact) mass is 318 g/mol. The van der Waals surface area contributed by atoms with Gasteiger partial charge in [0.2, 0.25) is 5.91 Å². The highest BCUT2D eigenvalue weighted by Crippen LogP contribution is 2.20. The van der Waals surface area contributed by atoms with Crippen LogP contribution < -0.4 is 5.73 Å². The summed E-state index contributed by atoms with van der Waals surface area (Å²) in [5.41, 5.74) is 6.31. The minimum Gasteiger partial charge on any atom is -0.390 e. The molecule has 1 aromatic rings. The SMILES string of the molecule is CC(C)(O)CCc1cccc(C(=O)N2CCC[C@H](C(N)=O)C2)c1. The molecule has 1 atom stereocenters. The molecule has 126 valence electrons. The number of nitrogens with two attached hydrogens (primary N) is 1. The number of amides is 2. The van der Waals surface area contributed by atoms with Gasteiger partial charge < -0.3 is 15.7 Å². The molecule has 1 heterocycles. The molecule has 5 nitrogen and oxygen atoms in total. The number of hydrogen-bond donors (Lipinski definition) is 2. The van der Waals surface area contributed by atoms with Crippen molar-refractivity contribution in [3.63, 3.8) is 0 Å². The van der Waals surface area contributed by atoms with Gasteiger partial charge in [0.15, 0.2) is 0 Å². The van der Waals surface area contributed by atoms with Crippen molar-refractivity contribution in [1.29, 1.82) is 0 Å². The molecule has 3 N–H and O–H groups in total. The minimum atomic E-state index is -0.721. The van der Waals surface area contributed by atoms with Crippen LogP contribution in [-0.2, 0) is 11.2 Å². The number of aliphatic hydroxyl groups is 1. The van der Waals surface area contributed by atoms with Crippen molar-refractivity contribution in [2.45, 2.75) is 45.1 Å². The molecular weight excluding hydrogens is 292 g/mol. The number of rotatable bonds is 5. The first-order chi connectivity index (χ1) is 10.8. The predicted octanol–water partition coefficient (Wildman–Crippen LogP) is 1.73. The first-order valence-electron chi connectivity index (χ1n) is 8.16. The van der Waals surface area contributed by atoms with Gasteiger partial charge in [-0.15, -0.1) is 0 Å². The molecule has 1 aliphatic heterocycles. The summed E-state index contributed by atoms with van der Waals surface area (Å²) in [5, 5.41) is 9.82. The van der Waals surface area contributed by atoms with E-state index in [-0.39, 0.29) is 17.7 Å². The molecule has 1 fully saturated rings. The van der Waals surface area contributed by atoms with E-state index in [2.05, 4.69) is 0 Å². The highest BCUT2D eigenvalue weighted by molar-refractivity contribution is 5.94. The van der Waals surface area contributed by atoms with E-state index < -0.39 is 5.60 Å². The van der Waals surface area contributed by atoms with Crippen molar-refractivity contribution < 1.29 is 14.7 Å². The van der Waals surface area contributed by atoms with Crippen molar-refractivity contribution in [2.24, 2.45) is 11.7 Å². The summed E-state index contributed by atoms with van der Waals surface area (Å²) in [6.45, 7) is 4.62. The molecule has 5 heteroatoms. The van der Waals surface area contributed by atoms with Gasteiger partial charge in [-0.25, -0.2) is 0 Å². The van der Waals surface area contributed by atoms with Crippen LogP contribution in [0, 0.1) is 5.92 Å². The molecule has 2 amide bonds. The zero-order chi connectivity index (χ0) is 17.0. The number of carbonyl (C=O) groups excluding carboxylic acids is 2. The van der Waals surface area contributed by atoms with E-state index in [0.717, 1.165) is 18.4 Å². The number of nitrogens with zero attached hydrogens (tertiary/aromatic N) is 1. The maximum absolute atomic E-state index is 12.6. The molecule has 2 rings (SSSR count). The van der Waals surface area contributed by atoms with Gasteiger partial charge in [-0.05, 0) is 57.2 Å². The normalized spacial score (nSPS) is 18.7. The first-order valence-corrected chi connectivity index (χ1v) is 8.16. The highest BCUT2D eigenvalue weighted by atomic mass is 16.3. The molecule has 1 saturated heterocycles.